The van der Waals surface area contributed by atoms with Gasteiger partial charge in [0.25, 0.3) is 0 Å². The van der Waals surface area contributed by atoms with Gasteiger partial charge in [0.2, 0.25) is 5.88 Å². The molecule has 0 atom stereocenters. The highest BCUT2D eigenvalue weighted by Crippen LogP contribution is 2.25. The summed E-state index contributed by atoms with van der Waals surface area (Å²) in [6, 6.07) is 24.7. The quantitative estimate of drug-likeness (QED) is 0.271. The normalized spacial score (nSPS) is 13.7. The van der Waals surface area contributed by atoms with Crippen molar-refractivity contribution < 1.29 is 19.0 Å². The number of benzene rings is 2. The highest BCUT2D eigenvalue weighted by molar-refractivity contribution is 5.70. The predicted octanol–water partition coefficient (Wildman–Crippen LogP) is 6.46. The molecule has 1 amide bonds. The molecule has 0 unspecified atom stereocenters. The van der Waals surface area contributed by atoms with Gasteiger partial charge in [0.15, 0.2) is 0 Å². The van der Waals surface area contributed by atoms with Gasteiger partial charge >= 0.3 is 6.09 Å². The second kappa shape index (κ2) is 12.2. The van der Waals surface area contributed by atoms with Crippen LogP contribution in [0.25, 0.3) is 0 Å². The van der Waals surface area contributed by atoms with Crippen LogP contribution in [-0.4, -0.2) is 40.7 Å². The Morgan fingerprint density at radius 1 is 0.842 bits per heavy atom. The fourth-order valence-electron chi connectivity index (χ4n) is 4.37. The van der Waals surface area contributed by atoms with E-state index in [-0.39, 0.29) is 6.09 Å². The van der Waals surface area contributed by atoms with Crippen LogP contribution in [-0.2, 0) is 6.42 Å². The lowest BCUT2D eigenvalue weighted by Gasteiger charge is -2.31. The first-order valence-corrected chi connectivity index (χ1v) is 12.9. The summed E-state index contributed by atoms with van der Waals surface area (Å²) in [5.74, 6) is 3.00. The number of carbonyl (C=O) groups is 1. The number of aromatic nitrogens is 2. The van der Waals surface area contributed by atoms with E-state index in [1.807, 2.05) is 79.0 Å². The van der Waals surface area contributed by atoms with Crippen LogP contribution in [0.3, 0.4) is 0 Å². The van der Waals surface area contributed by atoms with Crippen molar-refractivity contribution in [3.63, 3.8) is 0 Å². The molecule has 2 aromatic carbocycles. The van der Waals surface area contributed by atoms with Crippen molar-refractivity contribution >= 4 is 6.09 Å². The molecule has 0 bridgehead atoms. The first-order valence-electron chi connectivity index (χ1n) is 12.9. The molecule has 38 heavy (non-hydrogen) atoms. The zero-order valence-electron chi connectivity index (χ0n) is 21.5. The second-order valence-electron chi connectivity index (χ2n) is 9.44. The summed E-state index contributed by atoms with van der Waals surface area (Å²) >= 11 is 0. The average Bonchev–Trinajstić information content (AvgIpc) is 2.96. The van der Waals surface area contributed by atoms with Crippen molar-refractivity contribution in [2.24, 2.45) is 5.92 Å². The van der Waals surface area contributed by atoms with E-state index in [9.17, 15) is 4.79 Å². The fourth-order valence-corrected chi connectivity index (χ4v) is 4.37. The van der Waals surface area contributed by atoms with Gasteiger partial charge in [0.05, 0.1) is 6.61 Å². The standard InChI is InChI=1S/C31H31N3O4/c1-23-5-4-18-32-29(23)21-24-7-9-28(10-8-24)38-31(35)34-19-15-25(16-20-34)22-36-26-11-13-27(14-12-26)37-30-6-2-3-17-33-30/h2-14,17-18,25H,15-16,19-22H2,1H3. The van der Waals surface area contributed by atoms with Crippen LogP contribution in [0, 0.1) is 12.8 Å². The number of carbonyl (C=O) groups excluding carboxylic acids is 1. The Bertz CT molecular complexity index is 1320. The second-order valence-corrected chi connectivity index (χ2v) is 9.44. The molecule has 1 aliphatic heterocycles. The molecule has 3 heterocycles. The summed E-state index contributed by atoms with van der Waals surface area (Å²) in [6.07, 6.45) is 5.70. The maximum atomic E-state index is 12.7. The number of piperidine rings is 1. The van der Waals surface area contributed by atoms with E-state index in [0.29, 0.717) is 43.0 Å². The first kappa shape index (κ1) is 25.3. The molecule has 1 saturated heterocycles. The molecule has 1 fully saturated rings. The Balaban J connectivity index is 1.03. The Labute approximate surface area is 223 Å². The van der Waals surface area contributed by atoms with Gasteiger partial charge < -0.3 is 19.1 Å². The summed E-state index contributed by atoms with van der Waals surface area (Å²) in [4.78, 5) is 23.1. The van der Waals surface area contributed by atoms with E-state index < -0.39 is 0 Å². The largest absolute Gasteiger partial charge is 0.493 e. The number of hydrogen-bond acceptors (Lipinski definition) is 6. The fraction of sp³-hybridized carbons (Fsp3) is 0.258. The van der Waals surface area contributed by atoms with E-state index in [1.165, 1.54) is 5.56 Å². The van der Waals surface area contributed by atoms with E-state index in [4.69, 9.17) is 14.2 Å². The third-order valence-corrected chi connectivity index (χ3v) is 6.66. The summed E-state index contributed by atoms with van der Waals surface area (Å²) in [5, 5.41) is 0. The third-order valence-electron chi connectivity index (χ3n) is 6.66. The molecular weight excluding hydrogens is 478 g/mol. The lowest BCUT2D eigenvalue weighted by Crippen LogP contribution is -2.41. The molecule has 4 aromatic rings. The van der Waals surface area contributed by atoms with Crippen molar-refractivity contribution in [1.82, 2.24) is 14.9 Å². The molecule has 194 valence electrons. The smallest absolute Gasteiger partial charge is 0.415 e. The van der Waals surface area contributed by atoms with E-state index in [1.54, 1.807) is 11.1 Å². The van der Waals surface area contributed by atoms with Gasteiger partial charge in [-0.2, -0.15) is 0 Å². The van der Waals surface area contributed by atoms with E-state index >= 15 is 0 Å². The number of hydrogen-bond donors (Lipinski definition) is 0. The number of rotatable bonds is 8. The topological polar surface area (TPSA) is 73.8 Å². The van der Waals surface area contributed by atoms with Crippen LogP contribution < -0.4 is 14.2 Å². The van der Waals surface area contributed by atoms with Crippen LogP contribution in [0.1, 0.15) is 29.7 Å². The molecule has 0 aliphatic carbocycles. The monoisotopic (exact) mass is 509 g/mol. The molecule has 7 heteroatoms. The van der Waals surface area contributed by atoms with E-state index in [2.05, 4.69) is 23.0 Å². The minimum absolute atomic E-state index is 0.304. The van der Waals surface area contributed by atoms with Crippen molar-refractivity contribution in [1.29, 1.82) is 0 Å². The summed E-state index contributed by atoms with van der Waals surface area (Å²) in [6.45, 7) is 3.98. The van der Waals surface area contributed by atoms with Crippen molar-refractivity contribution in [2.45, 2.75) is 26.2 Å². The van der Waals surface area contributed by atoms with E-state index in [0.717, 1.165) is 36.3 Å². The van der Waals surface area contributed by atoms with Crippen LogP contribution >= 0.6 is 0 Å². The lowest BCUT2D eigenvalue weighted by atomic mass is 9.98. The molecule has 0 spiro atoms. The molecule has 0 N–H and O–H groups in total. The summed E-state index contributed by atoms with van der Waals surface area (Å²) in [7, 11) is 0. The number of amides is 1. The predicted molar refractivity (Wildman–Crippen MR) is 145 cm³/mol. The minimum Gasteiger partial charge on any atom is -0.493 e. The van der Waals surface area contributed by atoms with Gasteiger partial charge in [0.1, 0.15) is 17.2 Å². The molecule has 5 rings (SSSR count). The van der Waals surface area contributed by atoms with Crippen LogP contribution in [0.2, 0.25) is 0 Å². The van der Waals surface area contributed by atoms with Gasteiger partial charge in [-0.1, -0.05) is 24.3 Å². The Hall–Kier alpha value is -4.39. The van der Waals surface area contributed by atoms with Crippen LogP contribution in [0.4, 0.5) is 4.79 Å². The van der Waals surface area contributed by atoms with Gasteiger partial charge in [-0.25, -0.2) is 9.78 Å². The van der Waals surface area contributed by atoms with Crippen LogP contribution in [0.5, 0.6) is 23.1 Å². The van der Waals surface area contributed by atoms with Gasteiger partial charge in [0, 0.05) is 43.7 Å². The van der Waals surface area contributed by atoms with Gasteiger partial charge in [-0.05, 0) is 85.3 Å². The lowest BCUT2D eigenvalue weighted by molar-refractivity contribution is 0.117. The van der Waals surface area contributed by atoms with Crippen LogP contribution in [0.15, 0.2) is 91.3 Å². The van der Waals surface area contributed by atoms with Gasteiger partial charge in [-0.15, -0.1) is 0 Å². The van der Waals surface area contributed by atoms with Crippen molar-refractivity contribution in [2.75, 3.05) is 19.7 Å². The maximum absolute atomic E-state index is 12.7. The molecular formula is C31H31N3O4. The maximum Gasteiger partial charge on any atom is 0.415 e. The van der Waals surface area contributed by atoms with Crippen molar-refractivity contribution in [3.8, 4) is 23.1 Å². The summed E-state index contributed by atoms with van der Waals surface area (Å²) in [5.41, 5.74) is 3.35. The molecule has 7 nitrogen and oxygen atoms in total. The highest BCUT2D eigenvalue weighted by Gasteiger charge is 2.24. The van der Waals surface area contributed by atoms with Crippen molar-refractivity contribution in [3.05, 3.63) is 108 Å². The number of nitrogens with zero attached hydrogens (tertiary/aromatic N) is 3. The number of pyridine rings is 2. The Kier molecular flexibility index (Phi) is 8.13. The Morgan fingerprint density at radius 2 is 1.55 bits per heavy atom. The molecule has 0 radical (unpaired) electrons. The molecule has 2 aromatic heterocycles. The highest BCUT2D eigenvalue weighted by atomic mass is 16.6. The third kappa shape index (κ3) is 6.88. The number of likely N-dealkylation sites (tertiary alicyclic amines) is 1. The number of aryl methyl sites for hydroxylation is 1. The zero-order chi connectivity index (χ0) is 26.2. The number of ether oxygens (including phenoxy) is 3. The average molecular weight is 510 g/mol. The van der Waals surface area contributed by atoms with Gasteiger partial charge in [-0.3, -0.25) is 4.98 Å². The summed E-state index contributed by atoms with van der Waals surface area (Å²) < 4.78 is 17.3. The minimum atomic E-state index is -0.304. The molecule has 1 aliphatic rings. The molecule has 0 saturated carbocycles. The Morgan fingerprint density at radius 3 is 2.26 bits per heavy atom. The first-order chi connectivity index (χ1) is 18.6. The zero-order valence-corrected chi connectivity index (χ0v) is 21.5. The SMILES string of the molecule is Cc1cccnc1Cc1ccc(OC(=O)N2CCC(COc3ccc(Oc4ccccn4)cc3)CC2)cc1.